The van der Waals surface area contributed by atoms with Crippen molar-refractivity contribution in [3.63, 3.8) is 0 Å². The SMILES string of the molecule is COCCNC(=S)Nc1ccc2nc(-c3ccccn3)c(-c3ccccn3)nc2c1. The Labute approximate surface area is 179 Å². The van der Waals surface area contributed by atoms with E-state index >= 15 is 0 Å². The number of nitrogens with zero attached hydrogens (tertiary/aromatic N) is 4. The number of anilines is 1. The first-order chi connectivity index (χ1) is 14.7. The molecule has 1 aromatic carbocycles. The molecule has 4 aromatic rings. The summed E-state index contributed by atoms with van der Waals surface area (Å²) in [5, 5.41) is 6.78. The van der Waals surface area contributed by atoms with Gasteiger partial charge in [-0.1, -0.05) is 12.1 Å². The maximum atomic E-state index is 5.33. The fourth-order valence-electron chi connectivity index (χ4n) is 2.94. The van der Waals surface area contributed by atoms with E-state index in [1.54, 1.807) is 19.5 Å². The van der Waals surface area contributed by atoms with Gasteiger partial charge in [-0.2, -0.15) is 0 Å². The van der Waals surface area contributed by atoms with Gasteiger partial charge in [0, 0.05) is 31.7 Å². The van der Waals surface area contributed by atoms with E-state index in [9.17, 15) is 0 Å². The highest BCUT2D eigenvalue weighted by atomic mass is 32.1. The lowest BCUT2D eigenvalue weighted by molar-refractivity contribution is 0.204. The van der Waals surface area contributed by atoms with E-state index in [2.05, 4.69) is 20.6 Å². The Hall–Kier alpha value is -3.49. The third-order valence-electron chi connectivity index (χ3n) is 4.33. The number of rotatable bonds is 6. The lowest BCUT2D eigenvalue weighted by atomic mass is 10.1. The average Bonchev–Trinajstić information content (AvgIpc) is 2.79. The summed E-state index contributed by atoms with van der Waals surface area (Å²) in [5.74, 6) is 0. The Morgan fingerprint density at radius 1 is 0.900 bits per heavy atom. The summed E-state index contributed by atoms with van der Waals surface area (Å²) in [6.45, 7) is 1.21. The number of hydrogen-bond acceptors (Lipinski definition) is 6. The van der Waals surface area contributed by atoms with Crippen LogP contribution in [-0.2, 0) is 4.74 Å². The highest BCUT2D eigenvalue weighted by Crippen LogP contribution is 2.29. The molecular formula is C22H20N6OS. The average molecular weight is 417 g/mol. The molecule has 2 N–H and O–H groups in total. The molecule has 0 aliphatic rings. The number of fused-ring (bicyclic) bond motifs is 1. The normalized spacial score (nSPS) is 10.7. The Morgan fingerprint density at radius 3 is 2.17 bits per heavy atom. The lowest BCUT2D eigenvalue weighted by Crippen LogP contribution is -2.31. The van der Waals surface area contributed by atoms with Gasteiger partial charge in [-0.25, -0.2) is 9.97 Å². The number of methoxy groups -OCH3 is 1. The van der Waals surface area contributed by atoms with E-state index in [0.717, 1.165) is 28.1 Å². The zero-order valence-electron chi connectivity index (χ0n) is 16.4. The van der Waals surface area contributed by atoms with Crippen molar-refractivity contribution < 1.29 is 4.74 Å². The van der Waals surface area contributed by atoms with Gasteiger partial charge in [-0.3, -0.25) is 9.97 Å². The molecule has 0 aliphatic carbocycles. The molecule has 3 aromatic heterocycles. The van der Waals surface area contributed by atoms with Gasteiger partial charge >= 0.3 is 0 Å². The molecule has 0 saturated heterocycles. The highest BCUT2D eigenvalue weighted by Gasteiger charge is 2.15. The van der Waals surface area contributed by atoms with Crippen LogP contribution in [0.25, 0.3) is 33.8 Å². The van der Waals surface area contributed by atoms with Gasteiger partial charge in [-0.05, 0) is 54.7 Å². The molecular weight excluding hydrogens is 396 g/mol. The maximum absolute atomic E-state index is 5.33. The van der Waals surface area contributed by atoms with Gasteiger partial charge in [0.15, 0.2) is 5.11 Å². The standard InChI is InChI=1S/C22H20N6OS/c1-29-13-12-25-22(30)26-15-8-9-16-19(14-15)28-21(18-7-3-5-11-24-18)20(27-16)17-6-2-4-10-23-17/h2-11,14H,12-13H2,1H3,(H2,25,26,30). The van der Waals surface area contributed by atoms with Gasteiger partial charge in [0.25, 0.3) is 0 Å². The molecule has 30 heavy (non-hydrogen) atoms. The smallest absolute Gasteiger partial charge is 0.170 e. The molecule has 7 nitrogen and oxygen atoms in total. The van der Waals surface area contributed by atoms with E-state index in [0.29, 0.717) is 29.7 Å². The Morgan fingerprint density at radius 2 is 1.57 bits per heavy atom. The van der Waals surface area contributed by atoms with Crippen molar-refractivity contribution in [3.05, 3.63) is 67.0 Å². The van der Waals surface area contributed by atoms with Gasteiger partial charge in [0.2, 0.25) is 0 Å². The van der Waals surface area contributed by atoms with Crippen LogP contribution in [0.3, 0.4) is 0 Å². The van der Waals surface area contributed by atoms with Crippen molar-refractivity contribution in [3.8, 4) is 22.8 Å². The number of hydrogen-bond donors (Lipinski definition) is 2. The van der Waals surface area contributed by atoms with Crippen molar-refractivity contribution in [1.29, 1.82) is 0 Å². The third kappa shape index (κ3) is 4.56. The number of ether oxygens (including phenoxy) is 1. The first-order valence-corrected chi connectivity index (χ1v) is 9.84. The second-order valence-electron chi connectivity index (χ2n) is 6.43. The molecule has 0 fully saturated rings. The fourth-order valence-corrected chi connectivity index (χ4v) is 3.16. The van der Waals surface area contributed by atoms with Crippen molar-refractivity contribution in [2.75, 3.05) is 25.6 Å². The van der Waals surface area contributed by atoms with E-state index < -0.39 is 0 Å². The van der Waals surface area contributed by atoms with Crippen molar-refractivity contribution in [2.45, 2.75) is 0 Å². The molecule has 0 spiro atoms. The maximum Gasteiger partial charge on any atom is 0.170 e. The molecule has 0 saturated carbocycles. The summed E-state index contributed by atoms with van der Waals surface area (Å²) in [6.07, 6.45) is 3.49. The number of thiocarbonyl (C=S) groups is 1. The van der Waals surface area contributed by atoms with Gasteiger partial charge in [0.05, 0.1) is 29.0 Å². The van der Waals surface area contributed by atoms with Gasteiger partial charge in [-0.15, -0.1) is 0 Å². The van der Waals surface area contributed by atoms with Crippen LogP contribution in [0.4, 0.5) is 5.69 Å². The first kappa shape index (κ1) is 19.8. The van der Waals surface area contributed by atoms with Crippen LogP contribution >= 0.6 is 12.2 Å². The minimum atomic E-state index is 0.523. The minimum absolute atomic E-state index is 0.523. The van der Waals surface area contributed by atoms with Crippen LogP contribution in [0, 0.1) is 0 Å². The fraction of sp³-hybridized carbons (Fsp3) is 0.136. The van der Waals surface area contributed by atoms with E-state index in [1.165, 1.54) is 0 Å². The third-order valence-corrected chi connectivity index (χ3v) is 4.58. The molecule has 150 valence electrons. The molecule has 0 aliphatic heterocycles. The minimum Gasteiger partial charge on any atom is -0.383 e. The molecule has 0 atom stereocenters. The van der Waals surface area contributed by atoms with E-state index in [4.69, 9.17) is 26.9 Å². The first-order valence-electron chi connectivity index (χ1n) is 9.43. The van der Waals surface area contributed by atoms with Crippen LogP contribution < -0.4 is 10.6 Å². The summed E-state index contributed by atoms with van der Waals surface area (Å²) < 4.78 is 5.02. The van der Waals surface area contributed by atoms with Crippen LogP contribution in [-0.4, -0.2) is 45.3 Å². The van der Waals surface area contributed by atoms with Crippen molar-refractivity contribution in [2.24, 2.45) is 0 Å². The Kier molecular flexibility index (Phi) is 6.17. The second-order valence-corrected chi connectivity index (χ2v) is 6.84. The molecule has 0 radical (unpaired) electrons. The molecule has 3 heterocycles. The highest BCUT2D eigenvalue weighted by molar-refractivity contribution is 7.80. The number of pyridine rings is 2. The molecule has 4 rings (SSSR count). The topological polar surface area (TPSA) is 84.9 Å². The quantitative estimate of drug-likeness (QED) is 0.364. The Bertz CT molecular complexity index is 1150. The molecule has 0 bridgehead atoms. The Balaban J connectivity index is 1.73. The summed E-state index contributed by atoms with van der Waals surface area (Å²) in [4.78, 5) is 18.6. The van der Waals surface area contributed by atoms with E-state index in [1.807, 2.05) is 54.6 Å². The number of nitrogens with one attached hydrogen (secondary N) is 2. The predicted molar refractivity (Wildman–Crippen MR) is 122 cm³/mol. The zero-order chi connectivity index (χ0) is 20.8. The van der Waals surface area contributed by atoms with Crippen molar-refractivity contribution >= 4 is 34.1 Å². The van der Waals surface area contributed by atoms with Crippen LogP contribution in [0.2, 0.25) is 0 Å². The number of aromatic nitrogens is 4. The summed E-state index contributed by atoms with van der Waals surface area (Å²) >= 11 is 5.33. The van der Waals surface area contributed by atoms with Gasteiger partial charge in [0.1, 0.15) is 11.4 Å². The van der Waals surface area contributed by atoms with Crippen LogP contribution in [0.5, 0.6) is 0 Å². The predicted octanol–water partition coefficient (Wildman–Crippen LogP) is 3.69. The summed E-state index contributed by atoms with van der Waals surface area (Å²) in [5.41, 5.74) is 5.18. The second kappa shape index (κ2) is 9.34. The largest absolute Gasteiger partial charge is 0.383 e. The zero-order valence-corrected chi connectivity index (χ0v) is 17.2. The molecule has 0 unspecified atom stereocenters. The molecule has 8 heteroatoms. The van der Waals surface area contributed by atoms with Crippen molar-refractivity contribution in [1.82, 2.24) is 25.3 Å². The summed E-state index contributed by atoms with van der Waals surface area (Å²) in [7, 11) is 1.65. The van der Waals surface area contributed by atoms with Crippen LogP contribution in [0.15, 0.2) is 67.0 Å². The lowest BCUT2D eigenvalue weighted by Gasteiger charge is -2.12. The number of benzene rings is 1. The van der Waals surface area contributed by atoms with Crippen LogP contribution in [0.1, 0.15) is 0 Å². The van der Waals surface area contributed by atoms with Gasteiger partial charge < -0.3 is 15.4 Å². The van der Waals surface area contributed by atoms with E-state index in [-0.39, 0.29) is 0 Å². The molecule has 0 amide bonds. The monoisotopic (exact) mass is 416 g/mol. The summed E-state index contributed by atoms with van der Waals surface area (Å²) in [6, 6.07) is 17.2.